The van der Waals surface area contributed by atoms with Crippen molar-refractivity contribution in [3.8, 4) is 0 Å². The maximum absolute atomic E-state index is 5.71. The Morgan fingerprint density at radius 3 is 2.71 bits per heavy atom. The van der Waals surface area contributed by atoms with E-state index in [1.165, 1.54) is 38.8 Å². The number of hydrogen-bond acceptors (Lipinski definition) is 2. The van der Waals surface area contributed by atoms with E-state index in [1.54, 1.807) is 0 Å². The van der Waals surface area contributed by atoms with Crippen LogP contribution in [0.3, 0.4) is 0 Å². The van der Waals surface area contributed by atoms with Gasteiger partial charge < -0.3 is 10.1 Å². The summed E-state index contributed by atoms with van der Waals surface area (Å²) in [6.45, 7) is 8.83. The van der Waals surface area contributed by atoms with E-state index in [-0.39, 0.29) is 0 Å². The molecular formula is C12H25NO. The molecule has 0 saturated carbocycles. The number of nitrogens with one attached hydrogen (secondary N) is 1. The fourth-order valence-corrected chi connectivity index (χ4v) is 1.99. The highest BCUT2D eigenvalue weighted by Gasteiger charge is 2.13. The fraction of sp³-hybridized carbons (Fsp3) is 1.00. The normalized spacial score (nSPS) is 22.1. The van der Waals surface area contributed by atoms with Gasteiger partial charge in [0.1, 0.15) is 0 Å². The summed E-state index contributed by atoms with van der Waals surface area (Å²) < 4.78 is 5.71. The highest BCUT2D eigenvalue weighted by molar-refractivity contribution is 4.70. The lowest BCUT2D eigenvalue weighted by Crippen LogP contribution is -2.13. The third-order valence-corrected chi connectivity index (χ3v) is 3.34. The van der Waals surface area contributed by atoms with Crippen LogP contribution in [-0.2, 0) is 4.74 Å². The zero-order chi connectivity index (χ0) is 10.2. The van der Waals surface area contributed by atoms with Gasteiger partial charge in [0, 0.05) is 13.2 Å². The lowest BCUT2D eigenvalue weighted by molar-refractivity contribution is 0.0873. The van der Waals surface area contributed by atoms with Gasteiger partial charge in [-0.25, -0.2) is 0 Å². The molecule has 0 bridgehead atoms. The molecular weight excluding hydrogens is 174 g/mol. The van der Waals surface area contributed by atoms with Gasteiger partial charge in [-0.1, -0.05) is 26.7 Å². The van der Waals surface area contributed by atoms with Crippen LogP contribution >= 0.6 is 0 Å². The number of rotatable bonds is 7. The number of ether oxygens (including phenoxy) is 1. The topological polar surface area (TPSA) is 21.3 Å². The quantitative estimate of drug-likeness (QED) is 0.636. The van der Waals surface area contributed by atoms with Crippen molar-refractivity contribution in [3.63, 3.8) is 0 Å². The molecule has 1 atom stereocenters. The molecule has 1 rings (SSSR count). The van der Waals surface area contributed by atoms with Crippen molar-refractivity contribution in [1.82, 2.24) is 5.32 Å². The smallest absolute Gasteiger partial charge is 0.0494 e. The molecule has 1 unspecified atom stereocenters. The molecule has 1 heterocycles. The lowest BCUT2D eigenvalue weighted by atomic mass is 10.0. The Bertz CT molecular complexity index is 124. The summed E-state index contributed by atoms with van der Waals surface area (Å²) in [5.41, 5.74) is 0. The van der Waals surface area contributed by atoms with E-state index >= 15 is 0 Å². The molecule has 1 aliphatic rings. The molecule has 0 amide bonds. The van der Waals surface area contributed by atoms with Crippen LogP contribution in [0.15, 0.2) is 0 Å². The second kappa shape index (κ2) is 7.24. The van der Waals surface area contributed by atoms with Crippen molar-refractivity contribution in [2.24, 2.45) is 11.8 Å². The van der Waals surface area contributed by atoms with Gasteiger partial charge >= 0.3 is 0 Å². The summed E-state index contributed by atoms with van der Waals surface area (Å²) in [4.78, 5) is 0. The second-order valence-corrected chi connectivity index (χ2v) is 4.40. The van der Waals surface area contributed by atoms with Crippen LogP contribution in [0, 0.1) is 11.8 Å². The molecule has 2 heteroatoms. The van der Waals surface area contributed by atoms with Gasteiger partial charge in [0.2, 0.25) is 0 Å². The summed E-state index contributed by atoms with van der Waals surface area (Å²) in [5.74, 6) is 1.65. The van der Waals surface area contributed by atoms with Crippen molar-refractivity contribution in [2.45, 2.75) is 39.5 Å². The maximum atomic E-state index is 5.71. The van der Waals surface area contributed by atoms with E-state index in [9.17, 15) is 0 Å². The van der Waals surface area contributed by atoms with Crippen molar-refractivity contribution < 1.29 is 4.74 Å². The Labute approximate surface area is 88.4 Å². The fourth-order valence-electron chi connectivity index (χ4n) is 1.99. The number of hydrogen-bond donors (Lipinski definition) is 1. The molecule has 0 aromatic heterocycles. The zero-order valence-corrected chi connectivity index (χ0v) is 9.72. The molecule has 1 saturated heterocycles. The summed E-state index contributed by atoms with van der Waals surface area (Å²) >= 11 is 0. The Kier molecular flexibility index (Phi) is 6.20. The van der Waals surface area contributed by atoms with Crippen LogP contribution in [0.2, 0.25) is 0 Å². The summed E-state index contributed by atoms with van der Waals surface area (Å²) in [5, 5.41) is 3.39. The van der Waals surface area contributed by atoms with Crippen LogP contribution in [0.5, 0.6) is 0 Å². The minimum Gasteiger partial charge on any atom is -0.381 e. The van der Waals surface area contributed by atoms with E-state index in [0.29, 0.717) is 0 Å². The molecule has 0 aromatic carbocycles. The van der Waals surface area contributed by atoms with Gasteiger partial charge in [0.15, 0.2) is 0 Å². The summed E-state index contributed by atoms with van der Waals surface area (Å²) in [6, 6.07) is 0. The average molecular weight is 199 g/mol. The van der Waals surface area contributed by atoms with E-state index in [4.69, 9.17) is 4.74 Å². The minimum absolute atomic E-state index is 0.775. The average Bonchev–Trinajstić information content (AvgIpc) is 2.71. The lowest BCUT2D eigenvalue weighted by Gasteiger charge is -2.13. The SMILES string of the molecule is CCC(CC)COCCC1CCNC1. The van der Waals surface area contributed by atoms with Crippen LogP contribution in [0.4, 0.5) is 0 Å². The zero-order valence-electron chi connectivity index (χ0n) is 9.72. The Hall–Kier alpha value is -0.0800. The van der Waals surface area contributed by atoms with Gasteiger partial charge in [-0.3, -0.25) is 0 Å². The Balaban J connectivity index is 1.92. The van der Waals surface area contributed by atoms with Gasteiger partial charge in [-0.15, -0.1) is 0 Å². The van der Waals surface area contributed by atoms with Crippen LogP contribution < -0.4 is 5.32 Å². The predicted molar refractivity (Wildman–Crippen MR) is 60.5 cm³/mol. The first-order valence-electron chi connectivity index (χ1n) is 6.15. The van der Waals surface area contributed by atoms with E-state index in [1.807, 2.05) is 0 Å². The highest BCUT2D eigenvalue weighted by Crippen LogP contribution is 2.13. The first-order chi connectivity index (χ1) is 6.86. The van der Waals surface area contributed by atoms with Gasteiger partial charge in [-0.2, -0.15) is 0 Å². The molecule has 0 radical (unpaired) electrons. The molecule has 14 heavy (non-hydrogen) atoms. The monoisotopic (exact) mass is 199 g/mol. The van der Waals surface area contributed by atoms with Crippen LogP contribution in [0.25, 0.3) is 0 Å². The van der Waals surface area contributed by atoms with Gasteiger partial charge in [0.25, 0.3) is 0 Å². The van der Waals surface area contributed by atoms with E-state index in [0.717, 1.165) is 25.0 Å². The third-order valence-electron chi connectivity index (χ3n) is 3.34. The molecule has 0 spiro atoms. The highest BCUT2D eigenvalue weighted by atomic mass is 16.5. The molecule has 2 nitrogen and oxygen atoms in total. The van der Waals surface area contributed by atoms with Crippen molar-refractivity contribution in [3.05, 3.63) is 0 Å². The van der Waals surface area contributed by atoms with Crippen molar-refractivity contribution in [1.29, 1.82) is 0 Å². The van der Waals surface area contributed by atoms with Gasteiger partial charge in [-0.05, 0) is 37.8 Å². The second-order valence-electron chi connectivity index (χ2n) is 4.40. The largest absolute Gasteiger partial charge is 0.381 e. The predicted octanol–water partition coefficient (Wildman–Crippen LogP) is 2.44. The first-order valence-corrected chi connectivity index (χ1v) is 6.15. The minimum atomic E-state index is 0.775. The molecule has 0 aliphatic carbocycles. The Morgan fingerprint density at radius 1 is 1.36 bits per heavy atom. The van der Waals surface area contributed by atoms with Crippen LogP contribution in [0.1, 0.15) is 39.5 Å². The molecule has 1 fully saturated rings. The van der Waals surface area contributed by atoms with E-state index in [2.05, 4.69) is 19.2 Å². The maximum Gasteiger partial charge on any atom is 0.0494 e. The standard InChI is InChI=1S/C12H25NO/c1-3-11(4-2)10-14-8-6-12-5-7-13-9-12/h11-13H,3-10H2,1-2H3. The molecule has 84 valence electrons. The van der Waals surface area contributed by atoms with Crippen molar-refractivity contribution >= 4 is 0 Å². The molecule has 1 aliphatic heterocycles. The molecule has 1 N–H and O–H groups in total. The first kappa shape index (κ1) is 12.0. The third kappa shape index (κ3) is 4.43. The Morgan fingerprint density at radius 2 is 2.14 bits per heavy atom. The van der Waals surface area contributed by atoms with Crippen LogP contribution in [-0.4, -0.2) is 26.3 Å². The summed E-state index contributed by atoms with van der Waals surface area (Å²) in [6.07, 6.45) is 5.09. The van der Waals surface area contributed by atoms with Crippen molar-refractivity contribution in [2.75, 3.05) is 26.3 Å². The van der Waals surface area contributed by atoms with E-state index < -0.39 is 0 Å². The van der Waals surface area contributed by atoms with Gasteiger partial charge in [0.05, 0.1) is 0 Å². The summed E-state index contributed by atoms with van der Waals surface area (Å²) in [7, 11) is 0. The molecule has 0 aromatic rings.